The van der Waals surface area contributed by atoms with Crippen molar-refractivity contribution < 1.29 is 9.72 Å². The summed E-state index contributed by atoms with van der Waals surface area (Å²) in [6, 6.07) is 15.9. The number of nitro benzene ring substituents is 1. The second kappa shape index (κ2) is 7.77. The van der Waals surface area contributed by atoms with Crippen LogP contribution in [0.4, 0.5) is 10.8 Å². The lowest BCUT2D eigenvalue weighted by molar-refractivity contribution is -0.384. The number of piperazine rings is 1. The van der Waals surface area contributed by atoms with Crippen LogP contribution in [0.5, 0.6) is 0 Å². The van der Waals surface area contributed by atoms with Crippen LogP contribution in [-0.2, 0) is 0 Å². The fraction of sp³-hybridized carbons (Fsp3) is 0.200. The smallest absolute Gasteiger partial charge is 0.270 e. The second-order valence-corrected chi connectivity index (χ2v) is 7.30. The Morgan fingerprint density at radius 3 is 2.50 bits per heavy atom. The molecule has 7 nitrogen and oxygen atoms in total. The van der Waals surface area contributed by atoms with Crippen LogP contribution in [-0.4, -0.2) is 46.9 Å². The first-order chi connectivity index (χ1) is 13.6. The van der Waals surface area contributed by atoms with Crippen molar-refractivity contribution in [2.24, 2.45) is 0 Å². The van der Waals surface area contributed by atoms with Crippen LogP contribution >= 0.6 is 11.3 Å². The molecule has 2 aromatic carbocycles. The van der Waals surface area contributed by atoms with Gasteiger partial charge in [-0.15, -0.1) is 11.3 Å². The quantitative estimate of drug-likeness (QED) is 0.498. The standard InChI is InChI=1S/C20H18N4O3S/c25-19(16-7-4-8-17(13-16)24(26)27)22-9-11-23(12-10-22)20-21-18(14-28-20)15-5-2-1-3-6-15/h1-8,13-14H,9-12H2. The summed E-state index contributed by atoms with van der Waals surface area (Å²) in [6.07, 6.45) is 0. The molecule has 2 heterocycles. The molecule has 0 radical (unpaired) electrons. The predicted octanol–water partition coefficient (Wildman–Crippen LogP) is 3.68. The number of aromatic nitrogens is 1. The number of nitrogens with zero attached hydrogens (tertiary/aromatic N) is 4. The summed E-state index contributed by atoms with van der Waals surface area (Å²) in [5.41, 5.74) is 2.32. The molecule has 3 aromatic rings. The van der Waals surface area contributed by atoms with E-state index >= 15 is 0 Å². The minimum absolute atomic E-state index is 0.0688. The number of rotatable bonds is 4. The number of amides is 1. The average molecular weight is 394 g/mol. The normalized spacial score (nSPS) is 14.1. The van der Waals surface area contributed by atoms with Crippen LogP contribution in [0.15, 0.2) is 60.0 Å². The summed E-state index contributed by atoms with van der Waals surface area (Å²) in [4.78, 5) is 31.8. The number of carbonyl (C=O) groups is 1. The Bertz CT molecular complexity index is 997. The highest BCUT2D eigenvalue weighted by Crippen LogP contribution is 2.28. The number of carbonyl (C=O) groups excluding carboxylic acids is 1. The van der Waals surface area contributed by atoms with Gasteiger partial charge >= 0.3 is 0 Å². The molecule has 28 heavy (non-hydrogen) atoms. The lowest BCUT2D eigenvalue weighted by Gasteiger charge is -2.34. The van der Waals surface area contributed by atoms with Gasteiger partial charge < -0.3 is 9.80 Å². The molecule has 0 bridgehead atoms. The van der Waals surface area contributed by atoms with Crippen molar-refractivity contribution in [3.05, 3.63) is 75.7 Å². The van der Waals surface area contributed by atoms with Gasteiger partial charge in [0.1, 0.15) is 0 Å². The Kier molecular flexibility index (Phi) is 5.03. The highest BCUT2D eigenvalue weighted by molar-refractivity contribution is 7.14. The number of anilines is 1. The van der Waals surface area contributed by atoms with Gasteiger partial charge in [-0.25, -0.2) is 4.98 Å². The first-order valence-corrected chi connectivity index (χ1v) is 9.79. The third-order valence-corrected chi connectivity index (χ3v) is 5.60. The van der Waals surface area contributed by atoms with E-state index in [1.54, 1.807) is 28.4 Å². The van der Waals surface area contributed by atoms with E-state index in [1.807, 2.05) is 35.7 Å². The molecule has 8 heteroatoms. The molecule has 0 spiro atoms. The number of nitro groups is 1. The Labute approximate surface area is 166 Å². The monoisotopic (exact) mass is 394 g/mol. The molecule has 0 unspecified atom stereocenters. The van der Waals surface area contributed by atoms with E-state index in [-0.39, 0.29) is 11.6 Å². The molecule has 1 saturated heterocycles. The van der Waals surface area contributed by atoms with Crippen molar-refractivity contribution >= 4 is 28.1 Å². The van der Waals surface area contributed by atoms with E-state index < -0.39 is 4.92 Å². The molecule has 1 amide bonds. The van der Waals surface area contributed by atoms with Crippen molar-refractivity contribution in [1.29, 1.82) is 0 Å². The van der Waals surface area contributed by atoms with Crippen LogP contribution in [0.2, 0.25) is 0 Å². The van der Waals surface area contributed by atoms with Crippen LogP contribution in [0.3, 0.4) is 0 Å². The average Bonchev–Trinajstić information content (AvgIpc) is 3.24. The van der Waals surface area contributed by atoms with E-state index in [2.05, 4.69) is 4.90 Å². The second-order valence-electron chi connectivity index (χ2n) is 6.47. The van der Waals surface area contributed by atoms with Gasteiger partial charge in [0, 0.05) is 54.8 Å². The summed E-state index contributed by atoms with van der Waals surface area (Å²) >= 11 is 1.60. The van der Waals surface area contributed by atoms with E-state index in [0.29, 0.717) is 31.7 Å². The molecule has 0 aliphatic carbocycles. The maximum Gasteiger partial charge on any atom is 0.270 e. The molecule has 0 N–H and O–H groups in total. The highest BCUT2D eigenvalue weighted by Gasteiger charge is 2.24. The maximum atomic E-state index is 12.7. The molecule has 4 rings (SSSR count). The zero-order chi connectivity index (χ0) is 19.5. The number of benzene rings is 2. The van der Waals surface area contributed by atoms with Gasteiger partial charge in [0.05, 0.1) is 10.6 Å². The molecular formula is C20H18N4O3S. The first-order valence-electron chi connectivity index (χ1n) is 8.91. The van der Waals surface area contributed by atoms with Crippen molar-refractivity contribution in [3.63, 3.8) is 0 Å². The molecule has 0 atom stereocenters. The Morgan fingerprint density at radius 1 is 1.04 bits per heavy atom. The lowest BCUT2D eigenvalue weighted by atomic mass is 10.1. The molecule has 142 valence electrons. The number of hydrogen-bond acceptors (Lipinski definition) is 6. The fourth-order valence-corrected chi connectivity index (χ4v) is 4.08. The van der Waals surface area contributed by atoms with Crippen LogP contribution in [0, 0.1) is 10.1 Å². The molecule has 1 aliphatic rings. The maximum absolute atomic E-state index is 12.7. The van der Waals surface area contributed by atoms with Crippen LogP contribution < -0.4 is 4.90 Å². The van der Waals surface area contributed by atoms with Gasteiger partial charge in [0.25, 0.3) is 11.6 Å². The summed E-state index contributed by atoms with van der Waals surface area (Å²) in [5, 5.41) is 13.9. The van der Waals surface area contributed by atoms with Gasteiger partial charge in [-0.1, -0.05) is 36.4 Å². The van der Waals surface area contributed by atoms with Crippen molar-refractivity contribution in [3.8, 4) is 11.3 Å². The van der Waals surface area contributed by atoms with Gasteiger partial charge in [-0.05, 0) is 6.07 Å². The third-order valence-electron chi connectivity index (χ3n) is 4.70. The number of non-ortho nitro benzene ring substituents is 1. The highest BCUT2D eigenvalue weighted by atomic mass is 32.1. The molecule has 1 fully saturated rings. The number of hydrogen-bond donors (Lipinski definition) is 0. The zero-order valence-electron chi connectivity index (χ0n) is 15.0. The third kappa shape index (κ3) is 3.72. The molecule has 0 saturated carbocycles. The molecular weight excluding hydrogens is 376 g/mol. The SMILES string of the molecule is O=C(c1cccc([N+](=O)[O-])c1)N1CCN(c2nc(-c3ccccc3)cs2)CC1. The summed E-state index contributed by atoms with van der Waals surface area (Å²) in [6.45, 7) is 2.48. The van der Waals surface area contributed by atoms with Gasteiger partial charge in [-0.3, -0.25) is 14.9 Å². The topological polar surface area (TPSA) is 79.6 Å². The Morgan fingerprint density at radius 2 is 1.79 bits per heavy atom. The van der Waals surface area contributed by atoms with Crippen LogP contribution in [0.1, 0.15) is 10.4 Å². The van der Waals surface area contributed by atoms with E-state index in [1.165, 1.54) is 12.1 Å². The summed E-state index contributed by atoms with van der Waals surface area (Å²) in [5.74, 6) is -0.174. The summed E-state index contributed by atoms with van der Waals surface area (Å²) in [7, 11) is 0. The van der Waals surface area contributed by atoms with Gasteiger partial charge in [-0.2, -0.15) is 0 Å². The van der Waals surface area contributed by atoms with Crippen LogP contribution in [0.25, 0.3) is 11.3 Å². The molecule has 1 aromatic heterocycles. The van der Waals surface area contributed by atoms with Crippen molar-refractivity contribution in [2.45, 2.75) is 0 Å². The largest absolute Gasteiger partial charge is 0.345 e. The Hall–Kier alpha value is -3.26. The lowest BCUT2D eigenvalue weighted by Crippen LogP contribution is -2.48. The van der Waals surface area contributed by atoms with E-state index in [0.717, 1.165) is 16.4 Å². The molecule has 1 aliphatic heterocycles. The minimum Gasteiger partial charge on any atom is -0.345 e. The van der Waals surface area contributed by atoms with E-state index in [9.17, 15) is 14.9 Å². The van der Waals surface area contributed by atoms with Gasteiger partial charge in [0.2, 0.25) is 0 Å². The van der Waals surface area contributed by atoms with Gasteiger partial charge in [0.15, 0.2) is 5.13 Å². The van der Waals surface area contributed by atoms with Crippen molar-refractivity contribution in [1.82, 2.24) is 9.88 Å². The summed E-state index contributed by atoms with van der Waals surface area (Å²) < 4.78 is 0. The zero-order valence-corrected chi connectivity index (χ0v) is 15.8. The minimum atomic E-state index is -0.485. The fourth-order valence-electron chi connectivity index (χ4n) is 3.19. The predicted molar refractivity (Wildman–Crippen MR) is 109 cm³/mol. The Balaban J connectivity index is 1.41. The van der Waals surface area contributed by atoms with Crippen molar-refractivity contribution in [2.75, 3.05) is 31.1 Å². The van der Waals surface area contributed by atoms with E-state index in [4.69, 9.17) is 4.98 Å². The first kappa shape index (κ1) is 18.1. The number of thiazole rings is 1.